The van der Waals surface area contributed by atoms with E-state index < -0.39 is 4.92 Å². The maximum atomic E-state index is 10.9. The Bertz CT molecular complexity index is 607. The molecule has 0 saturated heterocycles. The standard InChI is InChI=1S/C11H7ClN2O3S/c12-7-5-13-6-8(14(16)17)11(7)18-10-4-2-1-3-9(10)15/h1-6,15H. The van der Waals surface area contributed by atoms with Gasteiger partial charge in [-0.15, -0.1) is 0 Å². The Morgan fingerprint density at radius 3 is 2.72 bits per heavy atom. The summed E-state index contributed by atoms with van der Waals surface area (Å²) >= 11 is 6.94. The molecule has 5 nitrogen and oxygen atoms in total. The molecule has 1 N–H and O–H groups in total. The number of halogens is 1. The Morgan fingerprint density at radius 2 is 2.06 bits per heavy atom. The van der Waals surface area contributed by atoms with Crippen LogP contribution in [0.5, 0.6) is 5.75 Å². The van der Waals surface area contributed by atoms with Gasteiger partial charge in [0, 0.05) is 6.20 Å². The zero-order valence-electron chi connectivity index (χ0n) is 8.91. The lowest BCUT2D eigenvalue weighted by Gasteiger charge is -2.05. The second kappa shape index (κ2) is 5.24. The van der Waals surface area contributed by atoms with Crippen LogP contribution in [0.3, 0.4) is 0 Å². The first-order valence-corrected chi connectivity index (χ1v) is 6.03. The molecule has 1 heterocycles. The summed E-state index contributed by atoms with van der Waals surface area (Å²) in [5, 5.41) is 20.7. The molecule has 0 unspecified atom stereocenters. The largest absolute Gasteiger partial charge is 0.507 e. The van der Waals surface area contributed by atoms with Crippen molar-refractivity contribution in [3.05, 3.63) is 51.8 Å². The monoisotopic (exact) mass is 282 g/mol. The Kier molecular flexibility index (Phi) is 3.69. The number of phenolic OH excluding ortho intramolecular Hbond substituents is 1. The minimum absolute atomic E-state index is 0.0460. The molecule has 1 aromatic carbocycles. The van der Waals surface area contributed by atoms with E-state index in [1.807, 2.05) is 0 Å². The molecule has 2 aromatic rings. The molecule has 7 heteroatoms. The third-order valence-corrected chi connectivity index (χ3v) is 3.71. The van der Waals surface area contributed by atoms with Crippen molar-refractivity contribution in [2.75, 3.05) is 0 Å². The Balaban J connectivity index is 2.46. The van der Waals surface area contributed by atoms with E-state index in [0.29, 0.717) is 4.90 Å². The number of aromatic hydroxyl groups is 1. The predicted octanol–water partition coefficient (Wildman–Crippen LogP) is 3.50. The molecule has 0 atom stereocenters. The zero-order chi connectivity index (χ0) is 13.1. The molecule has 0 bridgehead atoms. The number of hydrogen-bond donors (Lipinski definition) is 1. The highest BCUT2D eigenvalue weighted by molar-refractivity contribution is 7.99. The maximum Gasteiger partial charge on any atom is 0.302 e. The fourth-order valence-corrected chi connectivity index (χ4v) is 2.49. The molecule has 18 heavy (non-hydrogen) atoms. The van der Waals surface area contributed by atoms with Crippen molar-refractivity contribution in [3.8, 4) is 5.75 Å². The van der Waals surface area contributed by atoms with Crippen LogP contribution in [0.1, 0.15) is 0 Å². The van der Waals surface area contributed by atoms with E-state index in [1.54, 1.807) is 18.2 Å². The average molecular weight is 283 g/mol. The van der Waals surface area contributed by atoms with Gasteiger partial charge in [-0.2, -0.15) is 0 Å². The van der Waals surface area contributed by atoms with Crippen molar-refractivity contribution in [2.24, 2.45) is 0 Å². The molecule has 0 saturated carbocycles. The molecule has 0 aliphatic rings. The van der Waals surface area contributed by atoms with Crippen LogP contribution in [-0.4, -0.2) is 15.0 Å². The fourth-order valence-electron chi connectivity index (χ4n) is 1.30. The summed E-state index contributed by atoms with van der Waals surface area (Å²) < 4.78 is 0. The van der Waals surface area contributed by atoms with Crippen LogP contribution in [0.15, 0.2) is 46.5 Å². The lowest BCUT2D eigenvalue weighted by Crippen LogP contribution is -1.92. The van der Waals surface area contributed by atoms with Crippen molar-refractivity contribution in [3.63, 3.8) is 0 Å². The fraction of sp³-hybridized carbons (Fsp3) is 0. The van der Waals surface area contributed by atoms with Crippen LogP contribution in [0.4, 0.5) is 5.69 Å². The van der Waals surface area contributed by atoms with Gasteiger partial charge in [0.15, 0.2) is 0 Å². The molecule has 0 fully saturated rings. The molecule has 0 radical (unpaired) electrons. The van der Waals surface area contributed by atoms with E-state index in [2.05, 4.69) is 4.98 Å². The van der Waals surface area contributed by atoms with Crippen LogP contribution in [0, 0.1) is 10.1 Å². The van der Waals surface area contributed by atoms with Crippen LogP contribution in [0.2, 0.25) is 5.02 Å². The number of benzene rings is 1. The number of hydrogen-bond acceptors (Lipinski definition) is 5. The van der Waals surface area contributed by atoms with Gasteiger partial charge in [-0.05, 0) is 12.1 Å². The first kappa shape index (κ1) is 12.7. The first-order valence-electron chi connectivity index (χ1n) is 4.83. The number of pyridine rings is 1. The van der Waals surface area contributed by atoms with Crippen LogP contribution in [-0.2, 0) is 0 Å². The lowest BCUT2D eigenvalue weighted by molar-refractivity contribution is -0.388. The third-order valence-electron chi connectivity index (χ3n) is 2.11. The summed E-state index contributed by atoms with van der Waals surface area (Å²) in [4.78, 5) is 14.8. The average Bonchev–Trinajstić information content (AvgIpc) is 2.34. The highest BCUT2D eigenvalue weighted by Crippen LogP contribution is 2.41. The summed E-state index contributed by atoms with van der Waals surface area (Å²) in [6, 6.07) is 6.55. The molecule has 1 aromatic heterocycles. The smallest absolute Gasteiger partial charge is 0.302 e. The minimum Gasteiger partial charge on any atom is -0.507 e. The summed E-state index contributed by atoms with van der Waals surface area (Å²) in [6.07, 6.45) is 2.46. The maximum absolute atomic E-state index is 10.9. The van der Waals surface area contributed by atoms with Gasteiger partial charge in [-0.1, -0.05) is 35.5 Å². The molecule has 0 spiro atoms. The Morgan fingerprint density at radius 1 is 1.33 bits per heavy atom. The van der Waals surface area contributed by atoms with Crippen LogP contribution in [0.25, 0.3) is 0 Å². The van der Waals surface area contributed by atoms with Crippen molar-refractivity contribution >= 4 is 29.1 Å². The third kappa shape index (κ3) is 2.55. The number of rotatable bonds is 3. The quantitative estimate of drug-likeness (QED) is 0.689. The van der Waals surface area contributed by atoms with Gasteiger partial charge in [-0.25, -0.2) is 0 Å². The summed E-state index contributed by atoms with van der Waals surface area (Å²) in [5.41, 5.74) is -0.184. The van der Waals surface area contributed by atoms with Gasteiger partial charge in [0.1, 0.15) is 16.8 Å². The number of aromatic nitrogens is 1. The first-order chi connectivity index (χ1) is 8.59. The Hall–Kier alpha value is -1.79. The normalized spacial score (nSPS) is 10.3. The molecule has 92 valence electrons. The molecule has 0 aliphatic heterocycles. The zero-order valence-corrected chi connectivity index (χ0v) is 10.5. The van der Waals surface area contributed by atoms with Crippen molar-refractivity contribution in [1.29, 1.82) is 0 Å². The van der Waals surface area contributed by atoms with Crippen LogP contribution >= 0.6 is 23.4 Å². The van der Waals surface area contributed by atoms with E-state index in [4.69, 9.17) is 11.6 Å². The highest BCUT2D eigenvalue weighted by atomic mass is 35.5. The van der Waals surface area contributed by atoms with Gasteiger partial charge in [0.25, 0.3) is 0 Å². The van der Waals surface area contributed by atoms with E-state index >= 15 is 0 Å². The van der Waals surface area contributed by atoms with E-state index in [9.17, 15) is 15.2 Å². The van der Waals surface area contributed by atoms with Crippen molar-refractivity contribution in [2.45, 2.75) is 9.79 Å². The minimum atomic E-state index is -0.554. The van der Waals surface area contributed by atoms with Gasteiger partial charge in [0.05, 0.1) is 14.8 Å². The molecular weight excluding hydrogens is 276 g/mol. The van der Waals surface area contributed by atoms with E-state index in [0.717, 1.165) is 18.0 Å². The second-order valence-electron chi connectivity index (χ2n) is 3.30. The molecule has 0 amide bonds. The Labute approximate surface area is 112 Å². The van der Waals surface area contributed by atoms with Gasteiger partial charge < -0.3 is 5.11 Å². The van der Waals surface area contributed by atoms with Gasteiger partial charge in [-0.3, -0.25) is 15.1 Å². The second-order valence-corrected chi connectivity index (χ2v) is 4.76. The SMILES string of the molecule is O=[N+]([O-])c1cncc(Cl)c1Sc1ccccc1O. The highest BCUT2D eigenvalue weighted by Gasteiger charge is 2.19. The molecular formula is C11H7ClN2O3S. The van der Waals surface area contributed by atoms with E-state index in [-0.39, 0.29) is 21.4 Å². The van der Waals surface area contributed by atoms with Crippen LogP contribution < -0.4 is 0 Å². The lowest BCUT2D eigenvalue weighted by atomic mass is 10.3. The number of para-hydroxylation sites is 1. The number of nitrogens with zero attached hydrogens (tertiary/aromatic N) is 2. The topological polar surface area (TPSA) is 76.3 Å². The van der Waals surface area contributed by atoms with Crippen molar-refractivity contribution in [1.82, 2.24) is 4.98 Å². The van der Waals surface area contributed by atoms with E-state index in [1.165, 1.54) is 12.3 Å². The molecule has 0 aliphatic carbocycles. The summed E-state index contributed by atoms with van der Waals surface area (Å²) in [5.74, 6) is 0.0460. The van der Waals surface area contributed by atoms with Crippen molar-refractivity contribution < 1.29 is 10.0 Å². The number of phenols is 1. The predicted molar refractivity (Wildman–Crippen MR) is 68.1 cm³/mol. The molecule has 2 rings (SSSR count). The van der Waals surface area contributed by atoms with Gasteiger partial charge >= 0.3 is 5.69 Å². The summed E-state index contributed by atoms with van der Waals surface area (Å²) in [7, 11) is 0. The van der Waals surface area contributed by atoms with Gasteiger partial charge in [0.2, 0.25) is 0 Å². The summed E-state index contributed by atoms with van der Waals surface area (Å²) in [6.45, 7) is 0. The number of nitro groups is 1.